The molecule has 1 unspecified atom stereocenters. The number of hydrogen-bond acceptors (Lipinski definition) is 5. The number of likely N-dealkylation sites (N-methyl/N-ethyl adjacent to an activating group) is 1. The number of hydrogen-bond donors (Lipinski definition) is 2. The minimum Gasteiger partial charge on any atom is -0.507 e. The molecule has 7 heteroatoms. The van der Waals surface area contributed by atoms with Crippen LogP contribution in [0, 0.1) is 6.92 Å². The van der Waals surface area contributed by atoms with Crippen molar-refractivity contribution in [2.75, 3.05) is 43.0 Å². The Kier molecular flexibility index (Phi) is 6.00. The van der Waals surface area contributed by atoms with Gasteiger partial charge in [-0.2, -0.15) is 0 Å². The van der Waals surface area contributed by atoms with Crippen LogP contribution in [0.1, 0.15) is 22.7 Å². The molecule has 0 spiro atoms. The minimum atomic E-state index is -0.752. The minimum absolute atomic E-state index is 0.0912. The van der Waals surface area contributed by atoms with Crippen molar-refractivity contribution in [1.29, 1.82) is 0 Å². The van der Waals surface area contributed by atoms with Gasteiger partial charge in [-0.15, -0.1) is 0 Å². The summed E-state index contributed by atoms with van der Waals surface area (Å²) in [6, 6.07) is 22.4. The van der Waals surface area contributed by atoms with Gasteiger partial charge in [-0.05, 0) is 49.9 Å². The number of aliphatic hydroxyl groups excluding tert-OH is 1. The lowest BCUT2D eigenvalue weighted by atomic mass is 9.94. The monoisotopic (exact) mass is 506 g/mol. The molecule has 1 amide bonds. The molecule has 38 heavy (non-hydrogen) atoms. The van der Waals surface area contributed by atoms with Crippen LogP contribution in [0.3, 0.4) is 0 Å². The van der Waals surface area contributed by atoms with Crippen LogP contribution < -0.4 is 9.80 Å². The molecule has 7 nitrogen and oxygen atoms in total. The topological polar surface area (TPSA) is 79.9 Å². The average Bonchev–Trinajstić information content (AvgIpc) is 3.48. The predicted octanol–water partition coefficient (Wildman–Crippen LogP) is 4.85. The number of piperazine rings is 1. The number of aliphatic hydroxyl groups is 1. The first-order chi connectivity index (χ1) is 18.4. The zero-order valence-corrected chi connectivity index (χ0v) is 21.5. The van der Waals surface area contributed by atoms with Crippen LogP contribution >= 0.6 is 0 Å². The van der Waals surface area contributed by atoms with E-state index in [4.69, 9.17) is 0 Å². The Morgan fingerprint density at radius 1 is 0.895 bits per heavy atom. The number of aromatic nitrogens is 1. The van der Waals surface area contributed by atoms with Crippen LogP contribution in [0.4, 0.5) is 11.4 Å². The molecule has 2 aliphatic heterocycles. The van der Waals surface area contributed by atoms with Crippen LogP contribution in [0.2, 0.25) is 0 Å². The molecule has 4 aromatic rings. The molecule has 6 rings (SSSR count). The summed E-state index contributed by atoms with van der Waals surface area (Å²) in [6.45, 7) is 5.85. The van der Waals surface area contributed by atoms with E-state index in [1.807, 2.05) is 79.7 Å². The lowest BCUT2D eigenvalue weighted by molar-refractivity contribution is -0.132. The second kappa shape index (κ2) is 9.50. The fourth-order valence-electron chi connectivity index (χ4n) is 5.56. The molecular weight excluding hydrogens is 476 g/mol. The molecule has 0 bridgehead atoms. The van der Waals surface area contributed by atoms with Gasteiger partial charge in [0.2, 0.25) is 0 Å². The summed E-state index contributed by atoms with van der Waals surface area (Å²) >= 11 is 0. The van der Waals surface area contributed by atoms with Crippen LogP contribution in [0.5, 0.6) is 0 Å². The van der Waals surface area contributed by atoms with Crippen molar-refractivity contribution in [1.82, 2.24) is 9.88 Å². The quantitative estimate of drug-likeness (QED) is 0.235. The number of nitrogens with zero attached hydrogens (tertiary/aromatic N) is 3. The maximum atomic E-state index is 13.6. The second-order valence-electron chi connectivity index (χ2n) is 10.1. The van der Waals surface area contributed by atoms with Crippen LogP contribution in [-0.2, 0) is 9.59 Å². The first-order valence-electron chi connectivity index (χ1n) is 12.9. The average molecular weight is 507 g/mol. The molecule has 0 radical (unpaired) electrons. The lowest BCUT2D eigenvalue weighted by Crippen LogP contribution is -2.44. The van der Waals surface area contributed by atoms with E-state index in [0.717, 1.165) is 53.9 Å². The number of benzene rings is 3. The van der Waals surface area contributed by atoms with Crippen molar-refractivity contribution in [3.63, 3.8) is 0 Å². The summed E-state index contributed by atoms with van der Waals surface area (Å²) in [5, 5.41) is 12.3. The fourth-order valence-corrected chi connectivity index (χ4v) is 5.56. The summed E-state index contributed by atoms with van der Waals surface area (Å²) in [7, 11) is 2.12. The third kappa shape index (κ3) is 4.05. The Hall–Kier alpha value is -4.36. The van der Waals surface area contributed by atoms with E-state index in [1.54, 1.807) is 6.20 Å². The van der Waals surface area contributed by atoms with E-state index in [2.05, 4.69) is 21.8 Å². The van der Waals surface area contributed by atoms with Crippen molar-refractivity contribution in [3.05, 3.63) is 101 Å². The first-order valence-corrected chi connectivity index (χ1v) is 12.9. The summed E-state index contributed by atoms with van der Waals surface area (Å²) in [5.74, 6) is -1.52. The smallest absolute Gasteiger partial charge is 0.300 e. The van der Waals surface area contributed by atoms with Crippen molar-refractivity contribution in [2.45, 2.75) is 13.0 Å². The number of Topliss-reactive ketones (excluding diaryl/α,β-unsaturated/α-hetero) is 1. The Morgan fingerprint density at radius 2 is 1.61 bits per heavy atom. The molecule has 2 fully saturated rings. The van der Waals surface area contributed by atoms with Gasteiger partial charge in [0.1, 0.15) is 5.76 Å². The van der Waals surface area contributed by atoms with Crippen LogP contribution in [0.25, 0.3) is 16.7 Å². The van der Waals surface area contributed by atoms with E-state index < -0.39 is 17.7 Å². The summed E-state index contributed by atoms with van der Waals surface area (Å²) < 4.78 is 0. The molecule has 2 saturated heterocycles. The number of amides is 1. The highest BCUT2D eigenvalue weighted by Gasteiger charge is 2.47. The van der Waals surface area contributed by atoms with Gasteiger partial charge in [0, 0.05) is 60.2 Å². The van der Waals surface area contributed by atoms with E-state index in [-0.39, 0.29) is 11.3 Å². The van der Waals surface area contributed by atoms with E-state index >= 15 is 0 Å². The van der Waals surface area contributed by atoms with Crippen molar-refractivity contribution >= 4 is 39.7 Å². The lowest BCUT2D eigenvalue weighted by Gasteiger charge is -2.34. The van der Waals surface area contributed by atoms with Gasteiger partial charge in [0.25, 0.3) is 11.7 Å². The molecule has 1 atom stereocenters. The molecule has 2 aliphatic rings. The summed E-state index contributed by atoms with van der Waals surface area (Å²) in [5.41, 5.74) is 4.92. The largest absolute Gasteiger partial charge is 0.507 e. The molecule has 192 valence electrons. The Morgan fingerprint density at radius 3 is 2.34 bits per heavy atom. The number of H-pyrrole nitrogens is 1. The number of aryl methyl sites for hydroxylation is 1. The molecule has 0 saturated carbocycles. The Balaban J connectivity index is 1.46. The molecule has 1 aromatic heterocycles. The normalized spacial score (nSPS) is 20.0. The van der Waals surface area contributed by atoms with Crippen molar-refractivity contribution in [2.24, 2.45) is 0 Å². The van der Waals surface area contributed by atoms with Gasteiger partial charge in [-0.25, -0.2) is 0 Å². The molecule has 3 heterocycles. The summed E-state index contributed by atoms with van der Waals surface area (Å²) in [6.07, 6.45) is 1.69. The first kappa shape index (κ1) is 24.0. The standard InChI is InChI=1S/C31H30N4O3/c1-20-6-5-7-21(18-20)28-27(29(36)25-19-32-26-9-4-3-8-24(25)26)30(37)31(38)35(28)23-12-10-22(11-13-23)34-16-14-33(2)15-17-34/h3-13,18-19,28,32,36H,14-17H2,1-2H3/b29-27-. The zero-order chi connectivity index (χ0) is 26.4. The van der Waals surface area contributed by atoms with E-state index in [0.29, 0.717) is 11.3 Å². The fraction of sp³-hybridized carbons (Fsp3) is 0.226. The number of aromatic amines is 1. The van der Waals surface area contributed by atoms with Crippen molar-refractivity contribution in [3.8, 4) is 0 Å². The van der Waals surface area contributed by atoms with Gasteiger partial charge in [-0.1, -0.05) is 48.0 Å². The zero-order valence-electron chi connectivity index (χ0n) is 21.5. The van der Waals surface area contributed by atoms with Crippen molar-refractivity contribution < 1.29 is 14.7 Å². The number of nitrogens with one attached hydrogen (secondary N) is 1. The number of para-hydroxylation sites is 1. The number of rotatable bonds is 4. The summed E-state index contributed by atoms with van der Waals surface area (Å²) in [4.78, 5) is 36.4. The van der Waals surface area contributed by atoms with Gasteiger partial charge in [0.05, 0.1) is 11.6 Å². The Labute approximate surface area is 221 Å². The second-order valence-corrected chi connectivity index (χ2v) is 10.1. The van der Waals surface area contributed by atoms with Gasteiger partial charge in [-0.3, -0.25) is 14.5 Å². The van der Waals surface area contributed by atoms with Gasteiger partial charge >= 0.3 is 0 Å². The molecular formula is C31H30N4O3. The third-order valence-corrected chi connectivity index (χ3v) is 7.64. The van der Waals surface area contributed by atoms with Crippen LogP contribution in [0.15, 0.2) is 84.6 Å². The molecule has 0 aliphatic carbocycles. The highest BCUT2D eigenvalue weighted by Crippen LogP contribution is 2.43. The number of anilines is 2. The number of carbonyl (C=O) groups excluding carboxylic acids is 2. The predicted molar refractivity (Wildman–Crippen MR) is 150 cm³/mol. The SMILES string of the molecule is Cc1cccc(C2/C(=C(/O)c3c[nH]c4ccccc34)C(=O)C(=O)N2c2ccc(N3CCN(C)CC3)cc2)c1. The highest BCUT2D eigenvalue weighted by molar-refractivity contribution is 6.51. The number of ketones is 1. The van der Waals surface area contributed by atoms with Gasteiger partial charge < -0.3 is 19.9 Å². The van der Waals surface area contributed by atoms with E-state index in [1.165, 1.54) is 4.90 Å². The highest BCUT2D eigenvalue weighted by atomic mass is 16.3. The van der Waals surface area contributed by atoms with E-state index in [9.17, 15) is 14.7 Å². The Bertz CT molecular complexity index is 1560. The molecule has 3 aromatic carbocycles. The number of fused-ring (bicyclic) bond motifs is 1. The van der Waals surface area contributed by atoms with Gasteiger partial charge in [0.15, 0.2) is 0 Å². The van der Waals surface area contributed by atoms with Crippen LogP contribution in [-0.4, -0.2) is 59.9 Å². The number of carbonyl (C=O) groups is 2. The maximum Gasteiger partial charge on any atom is 0.300 e. The third-order valence-electron chi connectivity index (χ3n) is 7.64. The molecule has 2 N–H and O–H groups in total. The maximum absolute atomic E-state index is 13.6.